The van der Waals surface area contributed by atoms with Crippen LogP contribution in [0.25, 0.3) is 5.52 Å². The number of hydrogen-bond acceptors (Lipinski definition) is 3. The van der Waals surface area contributed by atoms with E-state index in [4.69, 9.17) is 0 Å². The Morgan fingerprint density at radius 3 is 2.53 bits per heavy atom. The molecule has 2 heterocycles. The normalized spacial score (nSPS) is 12.3. The first kappa shape index (κ1) is 9.89. The quantitative estimate of drug-likeness (QED) is 0.645. The maximum absolute atomic E-state index is 12.1. The SMILES string of the molecule is Cc1cnn2ncn(C(C)(C)C)c(=O)c12. The molecule has 5 heteroatoms. The third-order valence-electron chi connectivity index (χ3n) is 2.35. The lowest BCUT2D eigenvalue weighted by Crippen LogP contribution is -2.35. The van der Waals surface area contributed by atoms with Gasteiger partial charge >= 0.3 is 0 Å². The van der Waals surface area contributed by atoms with Gasteiger partial charge in [-0.3, -0.25) is 9.36 Å². The highest BCUT2D eigenvalue weighted by molar-refractivity contribution is 5.49. The Hall–Kier alpha value is -1.65. The summed E-state index contributed by atoms with van der Waals surface area (Å²) in [5.74, 6) is 0. The summed E-state index contributed by atoms with van der Waals surface area (Å²) in [4.78, 5) is 12.1. The molecular weight excluding hydrogens is 192 g/mol. The molecule has 0 spiro atoms. The lowest BCUT2D eigenvalue weighted by molar-refractivity contribution is 0.375. The molecule has 0 aromatic carbocycles. The summed E-state index contributed by atoms with van der Waals surface area (Å²) in [5.41, 5.74) is 1.09. The summed E-state index contributed by atoms with van der Waals surface area (Å²) >= 11 is 0. The van der Waals surface area contributed by atoms with E-state index in [1.54, 1.807) is 10.8 Å². The molecule has 0 aliphatic heterocycles. The van der Waals surface area contributed by atoms with Gasteiger partial charge in [0, 0.05) is 11.1 Å². The zero-order valence-corrected chi connectivity index (χ0v) is 9.35. The van der Waals surface area contributed by atoms with Gasteiger partial charge in [-0.25, -0.2) is 0 Å². The Bertz CT molecular complexity index is 559. The second-order valence-electron chi connectivity index (χ2n) is 4.64. The van der Waals surface area contributed by atoms with Crippen molar-refractivity contribution in [3.8, 4) is 0 Å². The van der Waals surface area contributed by atoms with E-state index in [0.29, 0.717) is 5.52 Å². The Kier molecular flexibility index (Phi) is 1.92. The monoisotopic (exact) mass is 206 g/mol. The topological polar surface area (TPSA) is 52.2 Å². The fourth-order valence-corrected chi connectivity index (χ4v) is 1.50. The van der Waals surface area contributed by atoms with Crippen LogP contribution in [0.1, 0.15) is 26.3 Å². The summed E-state index contributed by atoms with van der Waals surface area (Å²) < 4.78 is 3.00. The number of aryl methyl sites for hydroxylation is 1. The fraction of sp³-hybridized carbons (Fsp3) is 0.500. The third kappa shape index (κ3) is 1.44. The molecule has 2 aromatic heterocycles. The fourth-order valence-electron chi connectivity index (χ4n) is 1.50. The van der Waals surface area contributed by atoms with Gasteiger partial charge in [-0.05, 0) is 27.7 Å². The van der Waals surface area contributed by atoms with Gasteiger partial charge in [-0.15, -0.1) is 9.73 Å². The van der Waals surface area contributed by atoms with Crippen molar-refractivity contribution in [1.29, 1.82) is 0 Å². The van der Waals surface area contributed by atoms with Crippen molar-refractivity contribution in [1.82, 2.24) is 19.4 Å². The van der Waals surface area contributed by atoms with E-state index in [0.717, 1.165) is 5.56 Å². The number of fused-ring (bicyclic) bond motifs is 1. The molecule has 15 heavy (non-hydrogen) atoms. The van der Waals surface area contributed by atoms with Crippen molar-refractivity contribution in [2.45, 2.75) is 33.2 Å². The Labute approximate surface area is 87.3 Å². The summed E-state index contributed by atoms with van der Waals surface area (Å²) in [7, 11) is 0. The van der Waals surface area contributed by atoms with Crippen molar-refractivity contribution in [3.05, 3.63) is 28.4 Å². The lowest BCUT2D eigenvalue weighted by atomic mass is 10.1. The molecule has 0 bridgehead atoms. The molecule has 0 saturated heterocycles. The Morgan fingerprint density at radius 2 is 1.93 bits per heavy atom. The first-order valence-corrected chi connectivity index (χ1v) is 4.84. The summed E-state index contributed by atoms with van der Waals surface area (Å²) in [6, 6.07) is 0. The molecule has 0 aliphatic rings. The van der Waals surface area contributed by atoms with Crippen LogP contribution in [0.2, 0.25) is 0 Å². The van der Waals surface area contributed by atoms with Gasteiger partial charge in [0.05, 0.1) is 6.20 Å². The third-order valence-corrected chi connectivity index (χ3v) is 2.35. The zero-order chi connectivity index (χ0) is 11.2. The van der Waals surface area contributed by atoms with Crippen LogP contribution in [0.4, 0.5) is 0 Å². The molecule has 0 amide bonds. The number of hydrogen-bond donors (Lipinski definition) is 0. The maximum atomic E-state index is 12.1. The summed E-state index contributed by atoms with van der Waals surface area (Å²) in [6.45, 7) is 7.77. The van der Waals surface area contributed by atoms with Gasteiger partial charge in [0.15, 0.2) is 5.52 Å². The summed E-state index contributed by atoms with van der Waals surface area (Å²) in [6.07, 6.45) is 3.18. The highest BCUT2D eigenvalue weighted by atomic mass is 16.1. The number of aromatic nitrogens is 4. The molecule has 0 unspecified atom stereocenters. The highest BCUT2D eigenvalue weighted by Crippen LogP contribution is 2.10. The van der Waals surface area contributed by atoms with E-state index in [-0.39, 0.29) is 11.1 Å². The molecule has 0 atom stereocenters. The molecule has 0 fully saturated rings. The highest BCUT2D eigenvalue weighted by Gasteiger charge is 2.17. The standard InChI is InChI=1S/C10H14N4O/c1-7-5-11-14-8(7)9(15)13(6-12-14)10(2,3)4/h5-6H,1-4H3. The van der Waals surface area contributed by atoms with Crippen molar-refractivity contribution >= 4 is 5.52 Å². The molecule has 2 rings (SSSR count). The predicted molar refractivity (Wildman–Crippen MR) is 57.0 cm³/mol. The van der Waals surface area contributed by atoms with Crippen molar-refractivity contribution in [3.63, 3.8) is 0 Å². The average molecular weight is 206 g/mol. The zero-order valence-electron chi connectivity index (χ0n) is 9.35. The average Bonchev–Trinajstić information content (AvgIpc) is 2.46. The second-order valence-corrected chi connectivity index (χ2v) is 4.64. The number of rotatable bonds is 0. The molecule has 0 saturated carbocycles. The van der Waals surface area contributed by atoms with Crippen LogP contribution in [-0.2, 0) is 5.54 Å². The molecule has 0 N–H and O–H groups in total. The van der Waals surface area contributed by atoms with Crippen molar-refractivity contribution in [2.24, 2.45) is 0 Å². The van der Waals surface area contributed by atoms with Crippen molar-refractivity contribution < 1.29 is 0 Å². The predicted octanol–water partition coefficient (Wildman–Crippen LogP) is 0.954. The van der Waals surface area contributed by atoms with Gasteiger partial charge < -0.3 is 0 Å². The minimum Gasteiger partial charge on any atom is -0.290 e. The van der Waals surface area contributed by atoms with Crippen LogP contribution in [0, 0.1) is 6.92 Å². The number of nitrogens with zero attached hydrogens (tertiary/aromatic N) is 4. The van der Waals surface area contributed by atoms with E-state index >= 15 is 0 Å². The van der Waals surface area contributed by atoms with Crippen molar-refractivity contribution in [2.75, 3.05) is 0 Å². The molecule has 5 nitrogen and oxygen atoms in total. The van der Waals surface area contributed by atoms with Crippen LogP contribution in [0.3, 0.4) is 0 Å². The van der Waals surface area contributed by atoms with E-state index in [1.807, 2.05) is 27.7 Å². The van der Waals surface area contributed by atoms with Crippen LogP contribution < -0.4 is 5.56 Å². The first-order valence-electron chi connectivity index (χ1n) is 4.84. The van der Waals surface area contributed by atoms with Gasteiger partial charge in [-0.2, -0.15) is 5.10 Å². The Balaban J connectivity index is 2.87. The molecule has 0 aliphatic carbocycles. The van der Waals surface area contributed by atoms with Crippen LogP contribution in [0.5, 0.6) is 0 Å². The van der Waals surface area contributed by atoms with E-state index in [2.05, 4.69) is 10.2 Å². The maximum Gasteiger partial charge on any atom is 0.280 e. The van der Waals surface area contributed by atoms with Gasteiger partial charge in [0.25, 0.3) is 5.56 Å². The van der Waals surface area contributed by atoms with Crippen LogP contribution >= 0.6 is 0 Å². The van der Waals surface area contributed by atoms with Gasteiger partial charge in [0.1, 0.15) is 6.33 Å². The summed E-state index contributed by atoms with van der Waals surface area (Å²) in [5, 5.41) is 8.09. The minimum absolute atomic E-state index is 0.0486. The minimum atomic E-state index is -0.261. The van der Waals surface area contributed by atoms with Crippen LogP contribution in [0.15, 0.2) is 17.3 Å². The van der Waals surface area contributed by atoms with Crippen LogP contribution in [-0.4, -0.2) is 19.4 Å². The molecular formula is C10H14N4O. The lowest BCUT2D eigenvalue weighted by Gasteiger charge is -2.21. The Morgan fingerprint density at radius 1 is 1.27 bits per heavy atom. The molecule has 2 aromatic rings. The van der Waals surface area contributed by atoms with E-state index in [1.165, 1.54) is 11.0 Å². The second kappa shape index (κ2) is 2.92. The first-order chi connectivity index (χ1) is 6.91. The van der Waals surface area contributed by atoms with Gasteiger partial charge in [-0.1, -0.05) is 0 Å². The van der Waals surface area contributed by atoms with E-state index < -0.39 is 0 Å². The largest absolute Gasteiger partial charge is 0.290 e. The molecule has 80 valence electrons. The van der Waals surface area contributed by atoms with Gasteiger partial charge in [0.2, 0.25) is 0 Å². The smallest absolute Gasteiger partial charge is 0.280 e. The molecule has 0 radical (unpaired) electrons. The van der Waals surface area contributed by atoms with E-state index in [9.17, 15) is 4.79 Å².